The number of esters is 1. The van der Waals surface area contributed by atoms with Crippen molar-refractivity contribution >= 4 is 25.6 Å². The van der Waals surface area contributed by atoms with Gasteiger partial charge in [-0.2, -0.15) is 13.2 Å². The average molecular weight is 603 g/mol. The largest absolute Gasteiger partial charge is 0.465 e. The Hall–Kier alpha value is -1.16. The third kappa shape index (κ3) is 7.06. The first kappa shape index (κ1) is 33.3. The molecule has 0 bridgehead atoms. The molecule has 4 nitrogen and oxygen atoms in total. The van der Waals surface area contributed by atoms with Crippen LogP contribution in [0.25, 0.3) is 0 Å². The monoisotopic (exact) mass is 602 g/mol. The van der Waals surface area contributed by atoms with E-state index in [-0.39, 0.29) is 34.9 Å². The van der Waals surface area contributed by atoms with Crippen molar-refractivity contribution in [1.29, 1.82) is 0 Å². The van der Waals surface area contributed by atoms with Gasteiger partial charge in [-0.3, -0.25) is 0 Å². The van der Waals surface area contributed by atoms with Crippen LogP contribution in [0.1, 0.15) is 100 Å². The van der Waals surface area contributed by atoms with Crippen LogP contribution in [0.4, 0.5) is 13.2 Å². The molecule has 0 amide bonds. The summed E-state index contributed by atoms with van der Waals surface area (Å²) in [6, 6.07) is 3.60. The van der Waals surface area contributed by atoms with E-state index in [4.69, 9.17) is 9.16 Å². The molecular weight excluding hydrogens is 553 g/mol. The number of thiophene rings is 1. The minimum Gasteiger partial charge on any atom is -0.465 e. The number of ether oxygens (including phenoxy) is 1. The summed E-state index contributed by atoms with van der Waals surface area (Å²) in [5, 5.41) is 11.0. The molecule has 0 aliphatic heterocycles. The SMILES string of the molecule is CCC1(C(CC=C[C@@H]2[C@@H](CCCc3ccc(C(=O)OC)s3)CC[C@@]2(O)C(F)(F)F)O[Si](C)(C)C(C)(C)C)CCC1. The van der Waals surface area contributed by atoms with E-state index in [0.717, 1.165) is 24.1 Å². The molecule has 4 atom stereocenters. The molecule has 0 radical (unpaired) electrons. The normalized spacial score (nSPS) is 26.2. The number of methoxy groups -OCH3 is 1. The highest BCUT2D eigenvalue weighted by Gasteiger charge is 2.62. The van der Waals surface area contributed by atoms with E-state index >= 15 is 0 Å². The van der Waals surface area contributed by atoms with E-state index in [1.807, 2.05) is 12.1 Å². The van der Waals surface area contributed by atoms with E-state index in [9.17, 15) is 23.1 Å². The van der Waals surface area contributed by atoms with Gasteiger partial charge in [0.25, 0.3) is 0 Å². The van der Waals surface area contributed by atoms with Gasteiger partial charge < -0.3 is 14.3 Å². The molecule has 3 rings (SSSR count). The zero-order chi connectivity index (χ0) is 30.0. The lowest BCUT2D eigenvalue weighted by Gasteiger charge is -2.51. The molecule has 0 aromatic carbocycles. The van der Waals surface area contributed by atoms with Gasteiger partial charge >= 0.3 is 12.1 Å². The number of halogens is 3. The van der Waals surface area contributed by atoms with E-state index in [1.54, 1.807) is 12.1 Å². The van der Waals surface area contributed by atoms with Crippen LogP contribution in [0, 0.1) is 17.3 Å². The summed E-state index contributed by atoms with van der Waals surface area (Å²) in [6.45, 7) is 13.3. The smallest absolute Gasteiger partial charge is 0.417 e. The fourth-order valence-corrected chi connectivity index (χ4v) is 8.59. The Labute approximate surface area is 243 Å². The van der Waals surface area contributed by atoms with Crippen LogP contribution in [0.15, 0.2) is 24.3 Å². The number of alkyl halides is 3. The number of hydrogen-bond donors (Lipinski definition) is 1. The second-order valence-corrected chi connectivity index (χ2v) is 19.4. The summed E-state index contributed by atoms with van der Waals surface area (Å²) in [4.78, 5) is 13.3. The third-order valence-electron chi connectivity index (χ3n) is 10.2. The van der Waals surface area contributed by atoms with Gasteiger partial charge in [0, 0.05) is 10.8 Å². The number of hydrogen-bond acceptors (Lipinski definition) is 5. The Balaban J connectivity index is 1.75. The lowest BCUT2D eigenvalue weighted by Crippen LogP contribution is -2.51. The van der Waals surface area contributed by atoms with Gasteiger partial charge in [0.1, 0.15) is 4.88 Å². The molecule has 9 heteroatoms. The Morgan fingerprint density at radius 3 is 2.42 bits per heavy atom. The summed E-state index contributed by atoms with van der Waals surface area (Å²) >= 11 is 1.36. The second-order valence-electron chi connectivity index (χ2n) is 13.5. The molecule has 2 saturated carbocycles. The van der Waals surface area contributed by atoms with E-state index in [2.05, 4.69) is 40.8 Å². The summed E-state index contributed by atoms with van der Waals surface area (Å²) < 4.78 is 54.2. The first-order valence-corrected chi connectivity index (χ1v) is 18.5. The molecule has 1 heterocycles. The first-order valence-electron chi connectivity index (χ1n) is 14.8. The Morgan fingerprint density at radius 2 is 1.90 bits per heavy atom. The topological polar surface area (TPSA) is 55.8 Å². The van der Waals surface area contributed by atoms with Crippen molar-refractivity contribution < 1.29 is 32.2 Å². The summed E-state index contributed by atoms with van der Waals surface area (Å²) in [6.07, 6.45) is 5.79. The van der Waals surface area contributed by atoms with Crippen molar-refractivity contribution in [3.8, 4) is 0 Å². The van der Waals surface area contributed by atoms with Crippen LogP contribution in [0.3, 0.4) is 0 Å². The quantitative estimate of drug-likeness (QED) is 0.147. The first-order chi connectivity index (χ1) is 18.5. The highest BCUT2D eigenvalue weighted by molar-refractivity contribution is 7.13. The van der Waals surface area contributed by atoms with Gasteiger partial charge in [-0.05, 0) is 99.4 Å². The van der Waals surface area contributed by atoms with Crippen molar-refractivity contribution in [2.24, 2.45) is 17.3 Å². The number of carbonyl (C=O) groups is 1. The van der Waals surface area contributed by atoms with Crippen molar-refractivity contribution in [2.45, 2.75) is 128 Å². The molecule has 2 aliphatic rings. The number of aliphatic hydroxyl groups is 1. The lowest BCUT2D eigenvalue weighted by molar-refractivity contribution is -0.269. The van der Waals surface area contributed by atoms with Crippen LogP contribution in [-0.2, 0) is 15.6 Å². The molecule has 228 valence electrons. The molecule has 1 aromatic rings. The average Bonchev–Trinajstić information content (AvgIpc) is 3.43. The van der Waals surface area contributed by atoms with Crippen LogP contribution in [0.2, 0.25) is 18.1 Å². The standard InChI is InChI=1S/C31H49F3O4SSi/c1-8-29(19-11-20-29)26(38-40(6,7)28(2,3)4)15-10-14-24-22(18-21-30(24,36)31(32,33)34)12-9-13-23-16-17-25(39-23)27(35)37-5/h10,14,16-17,22,24,26,36H,8-9,11-13,15,18-21H2,1-7H3/t22-,24+,26?,30-/m0/s1. The molecule has 1 N–H and O–H groups in total. The fraction of sp³-hybridized carbons (Fsp3) is 0.774. The van der Waals surface area contributed by atoms with Crippen LogP contribution in [-0.4, -0.2) is 44.4 Å². The Bertz CT molecular complexity index is 1020. The van der Waals surface area contributed by atoms with E-state index < -0.39 is 26.0 Å². The van der Waals surface area contributed by atoms with Gasteiger partial charge in [-0.1, -0.05) is 46.3 Å². The number of carbonyl (C=O) groups excluding carboxylic acids is 1. The molecule has 1 unspecified atom stereocenters. The van der Waals surface area contributed by atoms with E-state index in [1.165, 1.54) is 24.9 Å². The van der Waals surface area contributed by atoms with Gasteiger partial charge in [-0.15, -0.1) is 11.3 Å². The maximum Gasteiger partial charge on any atom is 0.417 e. The van der Waals surface area contributed by atoms with Gasteiger partial charge in [0.05, 0.1) is 13.2 Å². The number of rotatable bonds is 12. The molecule has 0 spiro atoms. The summed E-state index contributed by atoms with van der Waals surface area (Å²) in [7, 11) is -0.738. The minimum atomic E-state index is -4.68. The Kier molecular flexibility index (Phi) is 10.5. The number of aryl methyl sites for hydroxylation is 1. The molecule has 2 fully saturated rings. The van der Waals surface area contributed by atoms with E-state index in [0.29, 0.717) is 37.0 Å². The second kappa shape index (κ2) is 12.6. The predicted octanol–water partition coefficient (Wildman–Crippen LogP) is 9.09. The predicted molar refractivity (Wildman–Crippen MR) is 158 cm³/mol. The molecule has 40 heavy (non-hydrogen) atoms. The summed E-state index contributed by atoms with van der Waals surface area (Å²) in [5.74, 6) is -1.62. The van der Waals surface area contributed by atoms with Crippen molar-refractivity contribution in [2.75, 3.05) is 7.11 Å². The highest BCUT2D eigenvalue weighted by Crippen LogP contribution is 2.53. The van der Waals surface area contributed by atoms with Crippen LogP contribution in [0.5, 0.6) is 0 Å². The molecule has 0 saturated heterocycles. The third-order valence-corrected chi connectivity index (χ3v) is 15.8. The maximum absolute atomic E-state index is 14.2. The lowest BCUT2D eigenvalue weighted by atomic mass is 9.63. The van der Waals surface area contributed by atoms with Crippen molar-refractivity contribution in [3.63, 3.8) is 0 Å². The maximum atomic E-state index is 14.2. The van der Waals surface area contributed by atoms with Gasteiger partial charge in [-0.25, -0.2) is 4.79 Å². The summed E-state index contributed by atoms with van der Waals surface area (Å²) in [5.41, 5.74) is -2.62. The van der Waals surface area contributed by atoms with Gasteiger partial charge in [0.2, 0.25) is 0 Å². The fourth-order valence-electron chi connectivity index (χ4n) is 6.21. The van der Waals surface area contributed by atoms with Crippen LogP contribution >= 0.6 is 11.3 Å². The zero-order valence-corrected chi connectivity index (χ0v) is 27.1. The Morgan fingerprint density at radius 1 is 1.23 bits per heavy atom. The van der Waals surface area contributed by atoms with Crippen molar-refractivity contribution in [3.05, 3.63) is 34.0 Å². The van der Waals surface area contributed by atoms with Crippen LogP contribution < -0.4 is 0 Å². The van der Waals surface area contributed by atoms with Crippen molar-refractivity contribution in [1.82, 2.24) is 0 Å². The molecule has 2 aliphatic carbocycles. The minimum absolute atomic E-state index is 0.0231. The molecule has 1 aromatic heterocycles. The highest BCUT2D eigenvalue weighted by atomic mass is 32.1. The molecular formula is C31H49F3O4SSi. The van der Waals surface area contributed by atoms with Gasteiger partial charge in [0.15, 0.2) is 13.9 Å². The zero-order valence-electron chi connectivity index (χ0n) is 25.3.